The molecule has 3 atom stereocenters. The summed E-state index contributed by atoms with van der Waals surface area (Å²) in [5, 5.41) is 0. The molecule has 0 aromatic rings. The number of rotatable bonds is 2. The zero-order valence-corrected chi connectivity index (χ0v) is 12.9. The van der Waals surface area contributed by atoms with Gasteiger partial charge in [0.05, 0.1) is 0 Å². The van der Waals surface area contributed by atoms with Crippen molar-refractivity contribution in [1.29, 1.82) is 0 Å². The predicted molar refractivity (Wildman–Crippen MR) is 81.1 cm³/mol. The average Bonchev–Trinajstić information content (AvgIpc) is 3.01. The first kappa shape index (κ1) is 13.9. The summed E-state index contributed by atoms with van der Waals surface area (Å²) >= 11 is 0. The van der Waals surface area contributed by atoms with E-state index < -0.39 is 0 Å². The molecule has 2 nitrogen and oxygen atoms in total. The van der Waals surface area contributed by atoms with Crippen molar-refractivity contribution in [3.63, 3.8) is 0 Å². The fraction of sp³-hybridized carbons (Fsp3) is 1.00. The highest BCUT2D eigenvalue weighted by Crippen LogP contribution is 2.42. The summed E-state index contributed by atoms with van der Waals surface area (Å²) in [5.41, 5.74) is 7.00. The maximum atomic E-state index is 6.50. The number of hydrogen-bond donors (Lipinski definition) is 1. The first-order valence-electron chi connectivity index (χ1n) is 8.58. The van der Waals surface area contributed by atoms with Gasteiger partial charge >= 0.3 is 0 Å². The molecule has 0 spiro atoms. The predicted octanol–water partition coefficient (Wildman–Crippen LogP) is 3.55. The summed E-state index contributed by atoms with van der Waals surface area (Å²) in [4.78, 5) is 2.85. The second-order valence-electron chi connectivity index (χ2n) is 8.13. The van der Waals surface area contributed by atoms with Gasteiger partial charge in [-0.1, -0.05) is 26.7 Å². The molecule has 0 bridgehead atoms. The third-order valence-electron chi connectivity index (χ3n) is 6.12. The lowest BCUT2D eigenvalue weighted by Gasteiger charge is -2.46. The third kappa shape index (κ3) is 2.85. The molecule has 3 aliphatic rings. The topological polar surface area (TPSA) is 29.3 Å². The largest absolute Gasteiger partial charge is 0.326 e. The molecule has 110 valence electrons. The van der Waals surface area contributed by atoms with E-state index in [4.69, 9.17) is 5.73 Å². The Morgan fingerprint density at radius 3 is 2.42 bits per heavy atom. The Balaban J connectivity index is 1.71. The van der Waals surface area contributed by atoms with Gasteiger partial charge in [0.15, 0.2) is 0 Å². The van der Waals surface area contributed by atoms with E-state index in [2.05, 4.69) is 18.7 Å². The first-order valence-corrected chi connectivity index (χ1v) is 8.58. The Hall–Kier alpha value is -0.0800. The summed E-state index contributed by atoms with van der Waals surface area (Å²) in [7, 11) is 0. The molecule has 1 saturated heterocycles. The van der Waals surface area contributed by atoms with Crippen LogP contribution in [0.15, 0.2) is 0 Å². The number of hydrogen-bond acceptors (Lipinski definition) is 2. The van der Waals surface area contributed by atoms with Crippen molar-refractivity contribution in [3.8, 4) is 0 Å². The lowest BCUT2D eigenvalue weighted by Crippen LogP contribution is -2.55. The highest BCUT2D eigenvalue weighted by molar-refractivity contribution is 4.98. The molecule has 1 heterocycles. The summed E-state index contributed by atoms with van der Waals surface area (Å²) in [6, 6.07) is 1.96. The van der Waals surface area contributed by atoms with E-state index in [1.54, 1.807) is 0 Å². The van der Waals surface area contributed by atoms with Crippen LogP contribution >= 0.6 is 0 Å². The van der Waals surface area contributed by atoms with E-state index in [-0.39, 0.29) is 0 Å². The van der Waals surface area contributed by atoms with Gasteiger partial charge in [-0.05, 0) is 62.8 Å². The Labute approximate surface area is 119 Å². The Bertz CT molecular complexity index is 306. The first-order chi connectivity index (χ1) is 9.07. The quantitative estimate of drug-likeness (QED) is 0.826. The van der Waals surface area contributed by atoms with Gasteiger partial charge < -0.3 is 5.73 Å². The monoisotopic (exact) mass is 264 g/mol. The SMILES string of the molecule is CC1(C)CCC(N)C(N2CCCC2C2CCCC2)C1. The third-order valence-corrected chi connectivity index (χ3v) is 6.12. The zero-order chi connectivity index (χ0) is 13.5. The molecular weight excluding hydrogens is 232 g/mol. The second kappa shape index (κ2) is 5.37. The molecule has 0 aromatic heterocycles. The molecule has 19 heavy (non-hydrogen) atoms. The minimum absolute atomic E-state index is 0.426. The summed E-state index contributed by atoms with van der Waals surface area (Å²) in [5.74, 6) is 0.986. The van der Waals surface area contributed by atoms with Crippen molar-refractivity contribution >= 4 is 0 Å². The molecule has 2 aliphatic carbocycles. The van der Waals surface area contributed by atoms with Gasteiger partial charge in [-0.2, -0.15) is 0 Å². The highest BCUT2D eigenvalue weighted by Gasteiger charge is 2.42. The van der Waals surface area contributed by atoms with Crippen molar-refractivity contribution in [2.45, 2.75) is 89.8 Å². The normalized spacial score (nSPS) is 40.9. The minimum Gasteiger partial charge on any atom is -0.326 e. The fourth-order valence-electron chi connectivity index (χ4n) is 5.01. The van der Waals surface area contributed by atoms with Crippen LogP contribution in [-0.2, 0) is 0 Å². The maximum Gasteiger partial charge on any atom is 0.0255 e. The lowest BCUT2D eigenvalue weighted by molar-refractivity contribution is 0.0510. The van der Waals surface area contributed by atoms with Crippen LogP contribution in [0, 0.1) is 11.3 Å². The second-order valence-corrected chi connectivity index (χ2v) is 8.13. The van der Waals surface area contributed by atoms with E-state index in [0.29, 0.717) is 17.5 Å². The molecule has 3 rings (SSSR count). The van der Waals surface area contributed by atoms with Crippen LogP contribution in [0.2, 0.25) is 0 Å². The number of likely N-dealkylation sites (tertiary alicyclic amines) is 1. The van der Waals surface area contributed by atoms with Crippen molar-refractivity contribution < 1.29 is 0 Å². The molecule has 0 radical (unpaired) electrons. The Kier molecular flexibility index (Phi) is 3.92. The molecule has 0 amide bonds. The molecule has 3 unspecified atom stereocenters. The maximum absolute atomic E-state index is 6.50. The van der Waals surface area contributed by atoms with Crippen LogP contribution in [0.4, 0.5) is 0 Å². The molecule has 2 N–H and O–H groups in total. The molecule has 0 aromatic carbocycles. The van der Waals surface area contributed by atoms with Gasteiger partial charge in [0, 0.05) is 18.1 Å². The van der Waals surface area contributed by atoms with Crippen LogP contribution in [0.1, 0.15) is 71.6 Å². The van der Waals surface area contributed by atoms with Gasteiger partial charge in [0.25, 0.3) is 0 Å². The van der Waals surface area contributed by atoms with Gasteiger partial charge in [0.2, 0.25) is 0 Å². The molecule has 2 saturated carbocycles. The smallest absolute Gasteiger partial charge is 0.0255 e. The van der Waals surface area contributed by atoms with Crippen molar-refractivity contribution in [2.24, 2.45) is 17.1 Å². The summed E-state index contributed by atoms with van der Waals surface area (Å²) < 4.78 is 0. The fourth-order valence-corrected chi connectivity index (χ4v) is 5.01. The number of nitrogens with zero attached hydrogens (tertiary/aromatic N) is 1. The van der Waals surface area contributed by atoms with E-state index in [9.17, 15) is 0 Å². The zero-order valence-electron chi connectivity index (χ0n) is 12.9. The van der Waals surface area contributed by atoms with Crippen molar-refractivity contribution in [3.05, 3.63) is 0 Å². The minimum atomic E-state index is 0.426. The van der Waals surface area contributed by atoms with Gasteiger partial charge in [-0.25, -0.2) is 0 Å². The van der Waals surface area contributed by atoms with E-state index in [1.807, 2.05) is 0 Å². The van der Waals surface area contributed by atoms with Gasteiger partial charge in [-0.15, -0.1) is 0 Å². The molecule has 3 fully saturated rings. The van der Waals surface area contributed by atoms with Gasteiger partial charge in [0.1, 0.15) is 0 Å². The average molecular weight is 264 g/mol. The van der Waals surface area contributed by atoms with E-state index >= 15 is 0 Å². The summed E-state index contributed by atoms with van der Waals surface area (Å²) in [6.45, 7) is 6.19. The van der Waals surface area contributed by atoms with E-state index in [1.165, 1.54) is 64.3 Å². The molecule has 1 aliphatic heterocycles. The van der Waals surface area contributed by atoms with Crippen LogP contribution in [0.3, 0.4) is 0 Å². The molecule has 2 heteroatoms. The van der Waals surface area contributed by atoms with Crippen molar-refractivity contribution in [1.82, 2.24) is 4.90 Å². The molecular formula is C17H32N2. The van der Waals surface area contributed by atoms with Crippen molar-refractivity contribution in [2.75, 3.05) is 6.54 Å². The van der Waals surface area contributed by atoms with Crippen LogP contribution in [-0.4, -0.2) is 29.6 Å². The standard InChI is InChI=1S/C17H32N2/c1-17(2)10-9-14(18)16(12-17)19-11-5-8-15(19)13-6-3-4-7-13/h13-16H,3-12,18H2,1-2H3. The lowest BCUT2D eigenvalue weighted by atomic mass is 9.72. The highest BCUT2D eigenvalue weighted by atomic mass is 15.2. The van der Waals surface area contributed by atoms with E-state index in [0.717, 1.165) is 12.0 Å². The Morgan fingerprint density at radius 1 is 0.947 bits per heavy atom. The van der Waals surface area contributed by atoms with Crippen LogP contribution in [0.5, 0.6) is 0 Å². The summed E-state index contributed by atoms with van der Waals surface area (Å²) in [6.07, 6.45) is 12.6. The van der Waals surface area contributed by atoms with Crippen LogP contribution in [0.25, 0.3) is 0 Å². The number of nitrogens with two attached hydrogens (primary N) is 1. The van der Waals surface area contributed by atoms with Crippen LogP contribution < -0.4 is 5.73 Å². The Morgan fingerprint density at radius 2 is 1.68 bits per heavy atom. The van der Waals surface area contributed by atoms with Gasteiger partial charge in [-0.3, -0.25) is 4.90 Å².